The van der Waals surface area contributed by atoms with Gasteiger partial charge in [-0.05, 0) is 40.3 Å². The summed E-state index contributed by atoms with van der Waals surface area (Å²) >= 11 is 0. The van der Waals surface area contributed by atoms with Gasteiger partial charge in [0, 0.05) is 32.7 Å². The number of ether oxygens (including phenoxy) is 2. The number of fused-ring (bicyclic) bond motifs is 1. The van der Waals surface area contributed by atoms with Crippen molar-refractivity contribution < 1.29 is 9.47 Å². The maximum Gasteiger partial charge on any atom is 0.200 e. The van der Waals surface area contributed by atoms with E-state index < -0.39 is 0 Å². The summed E-state index contributed by atoms with van der Waals surface area (Å²) in [5.41, 5.74) is 1.87. The largest absolute Gasteiger partial charge is 0.493 e. The van der Waals surface area contributed by atoms with E-state index in [1.807, 2.05) is 24.3 Å². The molecular formula is C17H21N7O2. The van der Waals surface area contributed by atoms with Crippen LogP contribution < -0.4 is 14.4 Å². The van der Waals surface area contributed by atoms with E-state index in [0.717, 1.165) is 50.0 Å². The van der Waals surface area contributed by atoms with Crippen LogP contribution in [-0.4, -0.2) is 70.6 Å². The van der Waals surface area contributed by atoms with Crippen LogP contribution >= 0.6 is 0 Å². The average molecular weight is 355 g/mol. The van der Waals surface area contributed by atoms with Crippen molar-refractivity contribution in [2.45, 2.75) is 6.54 Å². The van der Waals surface area contributed by atoms with Crippen LogP contribution in [0.15, 0.2) is 30.3 Å². The Morgan fingerprint density at radius 2 is 1.77 bits per heavy atom. The van der Waals surface area contributed by atoms with Crippen LogP contribution in [0.1, 0.15) is 5.56 Å². The van der Waals surface area contributed by atoms with Gasteiger partial charge in [0.15, 0.2) is 23.0 Å². The molecular weight excluding hydrogens is 334 g/mol. The summed E-state index contributed by atoms with van der Waals surface area (Å²) in [6, 6.07) is 9.93. The monoisotopic (exact) mass is 355 g/mol. The third-order valence-corrected chi connectivity index (χ3v) is 4.61. The first-order valence-corrected chi connectivity index (χ1v) is 8.50. The summed E-state index contributed by atoms with van der Waals surface area (Å²) in [6.45, 7) is 4.63. The number of rotatable bonds is 5. The van der Waals surface area contributed by atoms with Gasteiger partial charge < -0.3 is 14.4 Å². The van der Waals surface area contributed by atoms with Gasteiger partial charge in [0.25, 0.3) is 0 Å². The second kappa shape index (κ2) is 7.12. The fourth-order valence-corrected chi connectivity index (χ4v) is 3.18. The van der Waals surface area contributed by atoms with E-state index in [1.54, 1.807) is 14.2 Å². The molecule has 0 unspecified atom stereocenters. The molecule has 9 nitrogen and oxygen atoms in total. The van der Waals surface area contributed by atoms with Crippen LogP contribution in [-0.2, 0) is 6.54 Å². The van der Waals surface area contributed by atoms with Gasteiger partial charge in [-0.15, -0.1) is 14.8 Å². The number of benzene rings is 1. The Hall–Kier alpha value is -2.94. The van der Waals surface area contributed by atoms with Gasteiger partial charge in [0.1, 0.15) is 0 Å². The Bertz CT molecular complexity index is 890. The van der Waals surface area contributed by atoms with Gasteiger partial charge in [-0.2, -0.15) is 0 Å². The topological polar surface area (TPSA) is 80.9 Å². The first-order chi connectivity index (χ1) is 12.8. The summed E-state index contributed by atoms with van der Waals surface area (Å²) in [4.78, 5) is 4.68. The van der Waals surface area contributed by atoms with Crippen LogP contribution in [0, 0.1) is 0 Å². The zero-order valence-corrected chi connectivity index (χ0v) is 14.9. The van der Waals surface area contributed by atoms with Crippen molar-refractivity contribution in [3.8, 4) is 11.5 Å². The smallest absolute Gasteiger partial charge is 0.200 e. The number of anilines is 1. The molecule has 3 heterocycles. The van der Waals surface area contributed by atoms with E-state index in [9.17, 15) is 0 Å². The molecule has 0 N–H and O–H groups in total. The molecule has 1 fully saturated rings. The van der Waals surface area contributed by atoms with E-state index in [4.69, 9.17) is 9.47 Å². The quantitative estimate of drug-likeness (QED) is 0.667. The summed E-state index contributed by atoms with van der Waals surface area (Å²) in [6.07, 6.45) is 0. The number of methoxy groups -OCH3 is 2. The minimum absolute atomic E-state index is 0.654. The number of hydrogen-bond acceptors (Lipinski definition) is 8. The molecule has 0 bridgehead atoms. The molecule has 0 aliphatic carbocycles. The van der Waals surface area contributed by atoms with Crippen LogP contribution in [0.4, 0.5) is 5.82 Å². The second-order valence-electron chi connectivity index (χ2n) is 6.17. The molecule has 0 spiro atoms. The zero-order chi connectivity index (χ0) is 17.9. The molecule has 3 aromatic rings. The normalized spacial score (nSPS) is 15.4. The second-order valence-corrected chi connectivity index (χ2v) is 6.17. The van der Waals surface area contributed by atoms with Gasteiger partial charge in [-0.1, -0.05) is 6.07 Å². The van der Waals surface area contributed by atoms with Crippen LogP contribution in [0.25, 0.3) is 5.65 Å². The van der Waals surface area contributed by atoms with Crippen molar-refractivity contribution in [2.24, 2.45) is 0 Å². The van der Waals surface area contributed by atoms with Crippen LogP contribution in [0.2, 0.25) is 0 Å². The summed E-state index contributed by atoms with van der Waals surface area (Å²) < 4.78 is 12.2. The van der Waals surface area contributed by atoms with Gasteiger partial charge in [-0.3, -0.25) is 4.90 Å². The SMILES string of the molecule is COc1ccc(CN2CCN(c3ccc4nnnn4n3)CC2)cc1OC. The van der Waals surface area contributed by atoms with Crippen molar-refractivity contribution in [3.63, 3.8) is 0 Å². The maximum atomic E-state index is 5.39. The van der Waals surface area contributed by atoms with Crippen LogP contribution in [0.5, 0.6) is 11.5 Å². The highest BCUT2D eigenvalue weighted by Gasteiger charge is 2.19. The van der Waals surface area contributed by atoms with E-state index in [2.05, 4.69) is 36.5 Å². The molecule has 136 valence electrons. The van der Waals surface area contributed by atoms with Gasteiger partial charge in [0.2, 0.25) is 0 Å². The first-order valence-electron chi connectivity index (χ1n) is 8.50. The van der Waals surface area contributed by atoms with E-state index in [-0.39, 0.29) is 0 Å². The lowest BCUT2D eigenvalue weighted by Crippen LogP contribution is -2.46. The lowest BCUT2D eigenvalue weighted by Gasteiger charge is -2.35. The molecule has 0 atom stereocenters. The molecule has 1 aliphatic heterocycles. The predicted octanol–water partition coefficient (Wildman–Crippen LogP) is 0.859. The van der Waals surface area contributed by atoms with Crippen molar-refractivity contribution in [2.75, 3.05) is 45.3 Å². The summed E-state index contributed by atoms with van der Waals surface area (Å²) in [5.74, 6) is 2.42. The van der Waals surface area contributed by atoms with E-state index in [0.29, 0.717) is 5.65 Å². The highest BCUT2D eigenvalue weighted by molar-refractivity contribution is 5.45. The Balaban J connectivity index is 1.39. The highest BCUT2D eigenvalue weighted by atomic mass is 16.5. The molecule has 1 aliphatic rings. The first kappa shape index (κ1) is 16.5. The Morgan fingerprint density at radius 1 is 0.962 bits per heavy atom. The van der Waals surface area contributed by atoms with E-state index >= 15 is 0 Å². The van der Waals surface area contributed by atoms with Crippen molar-refractivity contribution in [1.29, 1.82) is 0 Å². The number of hydrogen-bond donors (Lipinski definition) is 0. The summed E-state index contributed by atoms with van der Waals surface area (Å²) in [5, 5.41) is 15.8. The third-order valence-electron chi connectivity index (χ3n) is 4.61. The number of nitrogens with zero attached hydrogens (tertiary/aromatic N) is 7. The third kappa shape index (κ3) is 3.25. The minimum Gasteiger partial charge on any atom is -0.493 e. The van der Waals surface area contributed by atoms with Gasteiger partial charge in [-0.25, -0.2) is 0 Å². The Morgan fingerprint density at radius 3 is 2.54 bits per heavy atom. The highest BCUT2D eigenvalue weighted by Crippen LogP contribution is 2.28. The molecule has 2 aromatic heterocycles. The molecule has 0 radical (unpaired) electrons. The molecule has 0 amide bonds. The van der Waals surface area contributed by atoms with E-state index in [1.165, 1.54) is 10.2 Å². The summed E-state index contributed by atoms with van der Waals surface area (Å²) in [7, 11) is 3.31. The standard InChI is InChI=1S/C17H21N7O2/c1-25-14-4-3-13(11-15(14)26-2)12-22-7-9-23(10-8-22)17-6-5-16-18-20-21-24(16)19-17/h3-6,11H,7-10,12H2,1-2H3. The molecule has 9 heteroatoms. The Kier molecular flexibility index (Phi) is 4.53. The fraction of sp³-hybridized carbons (Fsp3) is 0.412. The predicted molar refractivity (Wildman–Crippen MR) is 95.6 cm³/mol. The Labute approximate surface area is 151 Å². The van der Waals surface area contributed by atoms with Crippen LogP contribution in [0.3, 0.4) is 0 Å². The number of aromatic nitrogens is 5. The van der Waals surface area contributed by atoms with Crippen molar-refractivity contribution in [1.82, 2.24) is 30.2 Å². The molecule has 1 saturated heterocycles. The molecule has 26 heavy (non-hydrogen) atoms. The maximum absolute atomic E-state index is 5.39. The number of piperazine rings is 1. The van der Waals surface area contributed by atoms with Crippen molar-refractivity contribution in [3.05, 3.63) is 35.9 Å². The lowest BCUT2D eigenvalue weighted by molar-refractivity contribution is 0.248. The van der Waals surface area contributed by atoms with Crippen molar-refractivity contribution >= 4 is 11.5 Å². The minimum atomic E-state index is 0.654. The molecule has 4 rings (SSSR count). The lowest BCUT2D eigenvalue weighted by atomic mass is 10.1. The van der Waals surface area contributed by atoms with Gasteiger partial charge >= 0.3 is 0 Å². The average Bonchev–Trinajstić information content (AvgIpc) is 3.16. The van der Waals surface area contributed by atoms with Gasteiger partial charge in [0.05, 0.1) is 14.2 Å². The number of tetrazole rings is 1. The zero-order valence-electron chi connectivity index (χ0n) is 14.9. The molecule has 1 aromatic carbocycles. The molecule has 0 saturated carbocycles. The fourth-order valence-electron chi connectivity index (χ4n) is 3.18.